The molecule has 1 aliphatic rings. The van der Waals surface area contributed by atoms with Crippen molar-refractivity contribution >= 4 is 11.9 Å². The molecule has 0 aromatic rings. The number of hydrogen-bond donors (Lipinski definition) is 3. The molecule has 0 fully saturated rings. The number of aliphatic carboxylic acids is 1. The highest BCUT2D eigenvalue weighted by Gasteiger charge is 2.31. The SMILES string of the molecule is CC(C)(C)[C@@H](N)C(=O)NC1C=CC(C(=O)O)C1. The fourth-order valence-electron chi connectivity index (χ4n) is 1.65. The summed E-state index contributed by atoms with van der Waals surface area (Å²) in [5.74, 6) is -1.61. The van der Waals surface area contributed by atoms with Crippen molar-refractivity contribution in [2.45, 2.75) is 39.3 Å². The van der Waals surface area contributed by atoms with Crippen LogP contribution in [0.1, 0.15) is 27.2 Å². The van der Waals surface area contributed by atoms with Crippen LogP contribution in [0.2, 0.25) is 0 Å². The smallest absolute Gasteiger partial charge is 0.310 e. The van der Waals surface area contributed by atoms with E-state index in [1.165, 1.54) is 0 Å². The number of rotatable bonds is 3. The second kappa shape index (κ2) is 4.87. The standard InChI is InChI=1S/C12H20N2O3/c1-12(2,3)9(13)10(15)14-8-5-4-7(6-8)11(16)17/h4-5,7-9H,6,13H2,1-3H3,(H,14,15)(H,16,17)/t7?,8?,9-/m0/s1. The Kier molecular flexibility index (Phi) is 3.93. The van der Waals surface area contributed by atoms with E-state index < -0.39 is 17.9 Å². The normalized spacial score (nSPS) is 25.6. The summed E-state index contributed by atoms with van der Waals surface area (Å²) in [5, 5.41) is 11.6. The second-order valence-corrected chi connectivity index (χ2v) is 5.52. The highest BCUT2D eigenvalue weighted by molar-refractivity contribution is 5.83. The Balaban J connectivity index is 2.50. The number of carbonyl (C=O) groups excluding carboxylic acids is 1. The van der Waals surface area contributed by atoms with Crippen LogP contribution in [0.15, 0.2) is 12.2 Å². The number of carbonyl (C=O) groups is 2. The average molecular weight is 240 g/mol. The molecule has 0 aromatic carbocycles. The molecule has 0 saturated carbocycles. The van der Waals surface area contributed by atoms with Crippen molar-refractivity contribution in [1.29, 1.82) is 0 Å². The van der Waals surface area contributed by atoms with Crippen LogP contribution in [0.5, 0.6) is 0 Å². The molecule has 0 aliphatic heterocycles. The molecule has 96 valence electrons. The molecule has 3 atom stereocenters. The largest absolute Gasteiger partial charge is 0.481 e. The van der Waals surface area contributed by atoms with E-state index in [-0.39, 0.29) is 17.4 Å². The third-order valence-electron chi connectivity index (χ3n) is 2.94. The van der Waals surface area contributed by atoms with Gasteiger partial charge in [0.2, 0.25) is 5.91 Å². The summed E-state index contributed by atoms with van der Waals surface area (Å²) in [6, 6.07) is -0.822. The maximum absolute atomic E-state index is 11.8. The maximum atomic E-state index is 11.8. The van der Waals surface area contributed by atoms with Crippen LogP contribution in [-0.2, 0) is 9.59 Å². The molecule has 4 N–H and O–H groups in total. The first kappa shape index (κ1) is 13.7. The zero-order valence-electron chi connectivity index (χ0n) is 10.4. The van der Waals surface area contributed by atoms with Gasteiger partial charge in [-0.15, -0.1) is 0 Å². The molecule has 0 heterocycles. The minimum atomic E-state index is -0.863. The van der Waals surface area contributed by atoms with E-state index in [9.17, 15) is 9.59 Å². The molecule has 5 nitrogen and oxygen atoms in total. The lowest BCUT2D eigenvalue weighted by molar-refractivity contribution is -0.140. The summed E-state index contributed by atoms with van der Waals surface area (Å²) in [4.78, 5) is 22.5. The van der Waals surface area contributed by atoms with E-state index in [4.69, 9.17) is 10.8 Å². The molecule has 1 amide bonds. The van der Waals surface area contributed by atoms with Gasteiger partial charge in [0.05, 0.1) is 12.0 Å². The lowest BCUT2D eigenvalue weighted by atomic mass is 9.87. The monoisotopic (exact) mass is 240 g/mol. The zero-order chi connectivity index (χ0) is 13.2. The van der Waals surface area contributed by atoms with Crippen LogP contribution in [0, 0.1) is 11.3 Å². The van der Waals surface area contributed by atoms with Gasteiger partial charge in [0, 0.05) is 6.04 Å². The predicted molar refractivity (Wildman–Crippen MR) is 64.2 cm³/mol. The van der Waals surface area contributed by atoms with Gasteiger partial charge < -0.3 is 16.2 Å². The van der Waals surface area contributed by atoms with Crippen molar-refractivity contribution < 1.29 is 14.7 Å². The van der Waals surface area contributed by atoms with Gasteiger partial charge in [-0.25, -0.2) is 0 Å². The molecular weight excluding hydrogens is 220 g/mol. The van der Waals surface area contributed by atoms with Gasteiger partial charge in [-0.1, -0.05) is 32.9 Å². The van der Waals surface area contributed by atoms with Crippen LogP contribution in [0.4, 0.5) is 0 Å². The van der Waals surface area contributed by atoms with E-state index in [1.807, 2.05) is 20.8 Å². The van der Waals surface area contributed by atoms with E-state index in [2.05, 4.69) is 5.32 Å². The van der Waals surface area contributed by atoms with Crippen LogP contribution < -0.4 is 11.1 Å². The maximum Gasteiger partial charge on any atom is 0.310 e. The molecule has 0 spiro atoms. The molecule has 0 saturated heterocycles. The van der Waals surface area contributed by atoms with E-state index >= 15 is 0 Å². The number of carboxylic acids is 1. The Labute approximate surface area is 101 Å². The lowest BCUT2D eigenvalue weighted by Crippen LogP contribution is -2.50. The third-order valence-corrected chi connectivity index (χ3v) is 2.94. The van der Waals surface area contributed by atoms with Crippen LogP contribution in [0.25, 0.3) is 0 Å². The van der Waals surface area contributed by atoms with Crippen molar-refractivity contribution in [3.05, 3.63) is 12.2 Å². The first-order chi connectivity index (χ1) is 7.71. The fraction of sp³-hybridized carbons (Fsp3) is 0.667. The molecule has 0 radical (unpaired) electrons. The molecule has 2 unspecified atom stereocenters. The van der Waals surface area contributed by atoms with Crippen molar-refractivity contribution in [2.24, 2.45) is 17.1 Å². The Morgan fingerprint density at radius 1 is 1.41 bits per heavy atom. The number of nitrogens with one attached hydrogen (secondary N) is 1. The number of amides is 1. The number of hydrogen-bond acceptors (Lipinski definition) is 3. The highest BCUT2D eigenvalue weighted by Crippen LogP contribution is 2.20. The molecule has 1 aliphatic carbocycles. The molecule has 0 bridgehead atoms. The first-order valence-corrected chi connectivity index (χ1v) is 5.69. The Bertz CT molecular complexity index is 344. The second-order valence-electron chi connectivity index (χ2n) is 5.52. The number of carboxylic acid groups (broad SMARTS) is 1. The highest BCUT2D eigenvalue weighted by atomic mass is 16.4. The molecular formula is C12H20N2O3. The van der Waals surface area contributed by atoms with Crippen LogP contribution >= 0.6 is 0 Å². The van der Waals surface area contributed by atoms with Crippen molar-refractivity contribution in [2.75, 3.05) is 0 Å². The van der Waals surface area contributed by atoms with Crippen molar-refractivity contribution in [3.63, 3.8) is 0 Å². The topological polar surface area (TPSA) is 92.4 Å². The van der Waals surface area contributed by atoms with E-state index in [0.717, 1.165) is 0 Å². The predicted octanol–water partition coefficient (Wildman–Crippen LogP) is 0.505. The minimum absolute atomic E-state index is 0.225. The first-order valence-electron chi connectivity index (χ1n) is 5.69. The summed E-state index contributed by atoms with van der Waals surface area (Å²) in [6.07, 6.45) is 3.72. The van der Waals surface area contributed by atoms with Crippen molar-refractivity contribution in [3.8, 4) is 0 Å². The Morgan fingerprint density at radius 2 is 2.00 bits per heavy atom. The summed E-state index contributed by atoms with van der Waals surface area (Å²) < 4.78 is 0. The summed E-state index contributed by atoms with van der Waals surface area (Å²) in [6.45, 7) is 5.67. The summed E-state index contributed by atoms with van der Waals surface area (Å²) in [7, 11) is 0. The quantitative estimate of drug-likeness (QED) is 0.626. The molecule has 17 heavy (non-hydrogen) atoms. The molecule has 1 rings (SSSR count). The van der Waals surface area contributed by atoms with Crippen LogP contribution in [0.3, 0.4) is 0 Å². The number of nitrogens with two attached hydrogens (primary N) is 1. The van der Waals surface area contributed by atoms with Gasteiger partial charge in [0.25, 0.3) is 0 Å². The molecule has 0 aromatic heterocycles. The summed E-state index contributed by atoms with van der Waals surface area (Å²) >= 11 is 0. The summed E-state index contributed by atoms with van der Waals surface area (Å²) in [5.41, 5.74) is 5.51. The van der Waals surface area contributed by atoms with Crippen LogP contribution in [-0.4, -0.2) is 29.1 Å². The van der Waals surface area contributed by atoms with Gasteiger partial charge in [-0.2, -0.15) is 0 Å². The van der Waals surface area contributed by atoms with E-state index in [0.29, 0.717) is 6.42 Å². The van der Waals surface area contributed by atoms with Crippen molar-refractivity contribution in [1.82, 2.24) is 5.32 Å². The van der Waals surface area contributed by atoms with Gasteiger partial charge in [-0.05, 0) is 11.8 Å². The Morgan fingerprint density at radius 3 is 2.41 bits per heavy atom. The van der Waals surface area contributed by atoms with Gasteiger partial charge in [0.1, 0.15) is 0 Å². The molecule has 5 heteroatoms. The van der Waals surface area contributed by atoms with Gasteiger partial charge in [-0.3, -0.25) is 9.59 Å². The zero-order valence-corrected chi connectivity index (χ0v) is 10.4. The average Bonchev–Trinajstić information content (AvgIpc) is 2.63. The van der Waals surface area contributed by atoms with Gasteiger partial charge in [0.15, 0.2) is 0 Å². The van der Waals surface area contributed by atoms with Gasteiger partial charge >= 0.3 is 5.97 Å². The van der Waals surface area contributed by atoms with E-state index in [1.54, 1.807) is 12.2 Å². The Hall–Kier alpha value is -1.36. The lowest BCUT2D eigenvalue weighted by Gasteiger charge is -2.27. The third kappa shape index (κ3) is 3.56. The minimum Gasteiger partial charge on any atom is -0.481 e. The fourth-order valence-corrected chi connectivity index (χ4v) is 1.65.